The van der Waals surface area contributed by atoms with E-state index >= 15 is 0 Å². The van der Waals surface area contributed by atoms with Crippen LogP contribution in [0.25, 0.3) is 0 Å². The highest BCUT2D eigenvalue weighted by Gasteiger charge is 2.36. The Hall–Kier alpha value is -0.0900. The van der Waals surface area contributed by atoms with Gasteiger partial charge >= 0.3 is 0 Å². The molecule has 0 aromatic heterocycles. The Morgan fingerprint density at radius 1 is 1.41 bits per heavy atom. The number of nitrogens with zero attached hydrogens (tertiary/aromatic N) is 2. The summed E-state index contributed by atoms with van der Waals surface area (Å²) in [5.74, 6) is 0.283. The SMILES string of the molecule is CCC(Br)C(=O)N1CC2CCCCN2CC1C. The summed E-state index contributed by atoms with van der Waals surface area (Å²) in [7, 11) is 0. The summed E-state index contributed by atoms with van der Waals surface area (Å²) in [6.07, 6.45) is 4.78. The van der Waals surface area contributed by atoms with Crippen LogP contribution in [0.3, 0.4) is 0 Å². The van der Waals surface area contributed by atoms with E-state index in [9.17, 15) is 4.79 Å². The van der Waals surface area contributed by atoms with Gasteiger partial charge in [0.2, 0.25) is 5.91 Å². The van der Waals surface area contributed by atoms with Crippen LogP contribution in [0.4, 0.5) is 0 Å². The maximum absolute atomic E-state index is 12.3. The lowest BCUT2D eigenvalue weighted by Gasteiger charge is -2.47. The number of piperidine rings is 1. The summed E-state index contributed by atoms with van der Waals surface area (Å²) >= 11 is 3.49. The summed E-state index contributed by atoms with van der Waals surface area (Å²) in [6, 6.07) is 0.976. The van der Waals surface area contributed by atoms with Crippen molar-refractivity contribution < 1.29 is 4.79 Å². The Labute approximate surface area is 113 Å². The second-order valence-electron chi connectivity index (χ2n) is 5.36. The summed E-state index contributed by atoms with van der Waals surface area (Å²) in [5.41, 5.74) is 0. The number of fused-ring (bicyclic) bond motifs is 1. The molecule has 3 unspecified atom stereocenters. The number of halogens is 1. The molecule has 2 saturated heterocycles. The van der Waals surface area contributed by atoms with Crippen molar-refractivity contribution in [3.05, 3.63) is 0 Å². The van der Waals surface area contributed by atoms with Crippen molar-refractivity contribution >= 4 is 21.8 Å². The lowest BCUT2D eigenvalue weighted by Crippen LogP contribution is -2.61. The molecule has 0 aromatic rings. The first-order valence-corrected chi connectivity index (χ1v) is 7.73. The molecule has 2 heterocycles. The topological polar surface area (TPSA) is 23.6 Å². The molecule has 3 nitrogen and oxygen atoms in total. The Morgan fingerprint density at radius 3 is 2.88 bits per heavy atom. The Balaban J connectivity index is 2.01. The van der Waals surface area contributed by atoms with Gasteiger partial charge in [0.1, 0.15) is 0 Å². The zero-order chi connectivity index (χ0) is 12.4. The third kappa shape index (κ3) is 2.84. The first-order valence-electron chi connectivity index (χ1n) is 6.82. The average molecular weight is 303 g/mol. The predicted molar refractivity (Wildman–Crippen MR) is 73.4 cm³/mol. The summed E-state index contributed by atoms with van der Waals surface area (Å²) in [6.45, 7) is 7.45. The van der Waals surface area contributed by atoms with Gasteiger partial charge in [-0.2, -0.15) is 0 Å². The molecule has 0 bridgehead atoms. The van der Waals surface area contributed by atoms with Crippen molar-refractivity contribution in [1.82, 2.24) is 9.80 Å². The van der Waals surface area contributed by atoms with Crippen LogP contribution in [0.15, 0.2) is 0 Å². The van der Waals surface area contributed by atoms with Crippen LogP contribution in [0.2, 0.25) is 0 Å². The van der Waals surface area contributed by atoms with E-state index in [-0.39, 0.29) is 10.7 Å². The first kappa shape index (κ1) is 13.3. The van der Waals surface area contributed by atoms with Gasteiger partial charge in [0, 0.05) is 25.2 Å². The van der Waals surface area contributed by atoms with Gasteiger partial charge in [0.15, 0.2) is 0 Å². The number of alkyl halides is 1. The average Bonchev–Trinajstić information content (AvgIpc) is 2.36. The van der Waals surface area contributed by atoms with Crippen LogP contribution >= 0.6 is 15.9 Å². The molecule has 0 aromatic carbocycles. The number of piperazine rings is 1. The predicted octanol–water partition coefficient (Wildman–Crippen LogP) is 2.25. The van der Waals surface area contributed by atoms with Crippen LogP contribution in [-0.2, 0) is 4.79 Å². The van der Waals surface area contributed by atoms with Gasteiger partial charge in [0.05, 0.1) is 4.83 Å². The molecule has 1 amide bonds. The third-order valence-corrected chi connectivity index (χ3v) is 5.14. The molecule has 4 heteroatoms. The molecule has 0 saturated carbocycles. The summed E-state index contributed by atoms with van der Waals surface area (Å²) < 4.78 is 0. The third-order valence-electron chi connectivity index (χ3n) is 4.10. The second-order valence-corrected chi connectivity index (χ2v) is 6.47. The smallest absolute Gasteiger partial charge is 0.236 e. The van der Waals surface area contributed by atoms with Gasteiger partial charge in [-0.15, -0.1) is 0 Å². The zero-order valence-electron chi connectivity index (χ0n) is 10.9. The fourth-order valence-corrected chi connectivity index (χ4v) is 3.28. The number of carbonyl (C=O) groups is 1. The second kappa shape index (κ2) is 5.70. The maximum Gasteiger partial charge on any atom is 0.236 e. The number of carbonyl (C=O) groups excluding carboxylic acids is 1. The maximum atomic E-state index is 12.3. The van der Waals surface area contributed by atoms with Gasteiger partial charge in [-0.3, -0.25) is 9.69 Å². The minimum Gasteiger partial charge on any atom is -0.336 e. The van der Waals surface area contributed by atoms with E-state index in [1.54, 1.807) is 0 Å². The highest BCUT2D eigenvalue weighted by atomic mass is 79.9. The van der Waals surface area contributed by atoms with Gasteiger partial charge < -0.3 is 4.90 Å². The lowest BCUT2D eigenvalue weighted by atomic mass is 9.97. The van der Waals surface area contributed by atoms with Crippen molar-refractivity contribution in [2.24, 2.45) is 0 Å². The Morgan fingerprint density at radius 2 is 2.18 bits per heavy atom. The van der Waals surface area contributed by atoms with E-state index in [2.05, 4.69) is 39.6 Å². The molecule has 17 heavy (non-hydrogen) atoms. The normalized spacial score (nSPS) is 32.1. The number of hydrogen-bond acceptors (Lipinski definition) is 2. The van der Waals surface area contributed by atoms with Crippen LogP contribution in [0, 0.1) is 0 Å². The summed E-state index contributed by atoms with van der Waals surface area (Å²) in [5, 5.41) is 0. The Bertz CT molecular complexity index is 285. The molecule has 0 aliphatic carbocycles. The molecule has 0 N–H and O–H groups in total. The van der Waals surface area contributed by atoms with E-state index in [1.807, 2.05) is 0 Å². The van der Waals surface area contributed by atoms with Crippen molar-refractivity contribution in [2.45, 2.75) is 56.4 Å². The highest BCUT2D eigenvalue weighted by Crippen LogP contribution is 2.25. The molecule has 2 fully saturated rings. The van der Waals surface area contributed by atoms with Crippen LogP contribution < -0.4 is 0 Å². The molecule has 2 aliphatic rings. The fourth-order valence-electron chi connectivity index (χ4n) is 3.01. The molecule has 98 valence electrons. The Kier molecular flexibility index (Phi) is 4.47. The number of rotatable bonds is 2. The largest absolute Gasteiger partial charge is 0.336 e. The molecule has 2 aliphatic heterocycles. The lowest BCUT2D eigenvalue weighted by molar-refractivity contribution is -0.137. The first-order chi connectivity index (χ1) is 8.13. The minimum absolute atomic E-state index is 0.0000839. The number of hydrogen-bond donors (Lipinski definition) is 0. The molecule has 2 rings (SSSR count). The monoisotopic (exact) mass is 302 g/mol. The fraction of sp³-hybridized carbons (Fsp3) is 0.923. The zero-order valence-corrected chi connectivity index (χ0v) is 12.4. The van der Waals surface area contributed by atoms with E-state index in [1.165, 1.54) is 25.8 Å². The van der Waals surface area contributed by atoms with Crippen LogP contribution in [0.5, 0.6) is 0 Å². The van der Waals surface area contributed by atoms with Gasteiger partial charge in [-0.05, 0) is 32.7 Å². The minimum atomic E-state index is 0.0000839. The van der Waals surface area contributed by atoms with Crippen LogP contribution in [-0.4, -0.2) is 52.3 Å². The van der Waals surface area contributed by atoms with Gasteiger partial charge in [-0.25, -0.2) is 0 Å². The molecular weight excluding hydrogens is 280 g/mol. The van der Waals surface area contributed by atoms with E-state index in [4.69, 9.17) is 0 Å². The molecular formula is C13H23BrN2O. The number of amides is 1. The van der Waals surface area contributed by atoms with E-state index < -0.39 is 0 Å². The molecule has 0 spiro atoms. The van der Waals surface area contributed by atoms with E-state index in [0.717, 1.165) is 19.5 Å². The molecule has 0 radical (unpaired) electrons. The van der Waals surface area contributed by atoms with E-state index in [0.29, 0.717) is 12.1 Å². The highest BCUT2D eigenvalue weighted by molar-refractivity contribution is 9.10. The van der Waals surface area contributed by atoms with Crippen molar-refractivity contribution in [2.75, 3.05) is 19.6 Å². The van der Waals surface area contributed by atoms with Crippen molar-refractivity contribution in [3.8, 4) is 0 Å². The van der Waals surface area contributed by atoms with Crippen LogP contribution in [0.1, 0.15) is 39.5 Å². The standard InChI is InChI=1S/C13H23BrN2O/c1-3-12(14)13(17)16-9-11-6-4-5-7-15(11)8-10(16)2/h10-12H,3-9H2,1-2H3. The quantitative estimate of drug-likeness (QED) is 0.731. The van der Waals surface area contributed by atoms with Crippen molar-refractivity contribution in [3.63, 3.8) is 0 Å². The van der Waals surface area contributed by atoms with Crippen molar-refractivity contribution in [1.29, 1.82) is 0 Å². The summed E-state index contributed by atoms with van der Waals surface area (Å²) in [4.78, 5) is 16.9. The van der Waals surface area contributed by atoms with Gasteiger partial charge in [0.25, 0.3) is 0 Å². The van der Waals surface area contributed by atoms with Gasteiger partial charge in [-0.1, -0.05) is 29.3 Å². The molecule has 3 atom stereocenters.